The van der Waals surface area contributed by atoms with Crippen LogP contribution < -0.4 is 16.3 Å². The van der Waals surface area contributed by atoms with E-state index in [1.54, 1.807) is 20.8 Å². The number of esters is 1. The lowest BCUT2D eigenvalue weighted by atomic mass is 10.0. The number of aromatic amines is 1. The van der Waals surface area contributed by atoms with Gasteiger partial charge in [0, 0.05) is 18.2 Å². The number of ether oxygens (including phenoxy) is 2. The monoisotopic (exact) mass is 417 g/mol. The van der Waals surface area contributed by atoms with Crippen LogP contribution in [0.2, 0.25) is 0 Å². The van der Waals surface area contributed by atoms with Gasteiger partial charge in [0.1, 0.15) is 12.3 Å². The first-order valence-electron chi connectivity index (χ1n) is 9.28. The first-order valence-corrected chi connectivity index (χ1v) is 10.6. The van der Waals surface area contributed by atoms with Gasteiger partial charge in [-0.25, -0.2) is 9.88 Å². The fourth-order valence-electron chi connectivity index (χ4n) is 2.97. The quantitative estimate of drug-likeness (QED) is 0.453. The summed E-state index contributed by atoms with van der Waals surface area (Å²) in [6.07, 6.45) is 1.71. The minimum Gasteiger partial charge on any atom is -0.462 e. The molecule has 1 aliphatic rings. The summed E-state index contributed by atoms with van der Waals surface area (Å²) in [5.41, 5.74) is -0.973. The highest BCUT2D eigenvalue weighted by Gasteiger charge is 2.33. The van der Waals surface area contributed by atoms with E-state index in [-0.39, 0.29) is 24.7 Å². The highest BCUT2D eigenvalue weighted by molar-refractivity contribution is 7.36. The molecule has 0 aromatic carbocycles. The standard InChI is InChI=1S/C17H28N3O7P/c1-10(2)26-16(22)12(4)19-28(24)25-8-6-13-9-11(3)15(27-13)20-7-5-14(21)18-17(20)23/h5,7,10-13,15,28H,6,8-9H2,1-4H3,(H,19,24)(H,18,21,23)/t11-,12+,13+,15+/m0/s1. The maximum absolute atomic E-state index is 12.0. The van der Waals surface area contributed by atoms with E-state index in [1.165, 1.54) is 16.8 Å². The highest BCUT2D eigenvalue weighted by atomic mass is 31.1. The Labute approximate surface area is 163 Å². The zero-order valence-electron chi connectivity index (χ0n) is 16.5. The van der Waals surface area contributed by atoms with Crippen molar-refractivity contribution in [3.05, 3.63) is 33.1 Å². The van der Waals surface area contributed by atoms with Gasteiger partial charge in [0.05, 0.1) is 18.8 Å². The van der Waals surface area contributed by atoms with E-state index in [0.29, 0.717) is 12.8 Å². The molecule has 2 heterocycles. The van der Waals surface area contributed by atoms with Crippen molar-refractivity contribution in [2.45, 2.75) is 65.0 Å². The molecule has 11 heteroatoms. The Kier molecular flexibility index (Phi) is 8.18. The maximum Gasteiger partial charge on any atom is 0.330 e. The number of carbonyl (C=O) groups is 1. The molecule has 28 heavy (non-hydrogen) atoms. The molecule has 0 saturated carbocycles. The molecule has 0 bridgehead atoms. The van der Waals surface area contributed by atoms with Gasteiger partial charge in [-0.1, -0.05) is 6.92 Å². The summed E-state index contributed by atoms with van der Waals surface area (Å²) in [5.74, 6) is -0.423. The normalized spacial score (nSPS) is 24.2. The number of hydrogen-bond acceptors (Lipinski definition) is 7. The van der Waals surface area contributed by atoms with Crippen LogP contribution in [0.15, 0.2) is 21.9 Å². The molecule has 2 N–H and O–H groups in total. The van der Waals surface area contributed by atoms with Crippen LogP contribution >= 0.6 is 8.18 Å². The van der Waals surface area contributed by atoms with Gasteiger partial charge in [-0.3, -0.25) is 23.7 Å². The number of hydrogen-bond donors (Lipinski definition) is 2. The summed E-state index contributed by atoms with van der Waals surface area (Å²) in [5, 5.41) is 2.60. The summed E-state index contributed by atoms with van der Waals surface area (Å²) in [6.45, 7) is 7.17. The summed E-state index contributed by atoms with van der Waals surface area (Å²) < 4.78 is 29.5. The Balaban J connectivity index is 1.78. The van der Waals surface area contributed by atoms with Gasteiger partial charge in [0.15, 0.2) is 0 Å². The van der Waals surface area contributed by atoms with Gasteiger partial charge >= 0.3 is 11.7 Å². The summed E-state index contributed by atoms with van der Waals surface area (Å²) in [4.78, 5) is 37.0. The Hall–Kier alpha value is -1.74. The third-order valence-electron chi connectivity index (χ3n) is 4.29. The average molecular weight is 417 g/mol. The van der Waals surface area contributed by atoms with E-state index < -0.39 is 37.7 Å². The van der Waals surface area contributed by atoms with Crippen LogP contribution in [0.4, 0.5) is 0 Å². The van der Waals surface area contributed by atoms with E-state index in [0.717, 1.165) is 0 Å². The highest BCUT2D eigenvalue weighted by Crippen LogP contribution is 2.34. The van der Waals surface area contributed by atoms with Crippen LogP contribution in [-0.4, -0.2) is 40.4 Å². The summed E-state index contributed by atoms with van der Waals surface area (Å²) in [6, 6.07) is 0.546. The molecule has 1 unspecified atom stereocenters. The Morgan fingerprint density at radius 3 is 2.79 bits per heavy atom. The first-order chi connectivity index (χ1) is 13.2. The molecule has 1 aliphatic heterocycles. The van der Waals surface area contributed by atoms with Crippen molar-refractivity contribution in [1.82, 2.24) is 14.6 Å². The zero-order chi connectivity index (χ0) is 20.8. The summed E-state index contributed by atoms with van der Waals surface area (Å²) >= 11 is 0. The van der Waals surface area contributed by atoms with Crippen molar-refractivity contribution in [2.24, 2.45) is 5.92 Å². The lowest BCUT2D eigenvalue weighted by Crippen LogP contribution is -2.33. The van der Waals surface area contributed by atoms with Crippen molar-refractivity contribution in [3.8, 4) is 0 Å². The van der Waals surface area contributed by atoms with Gasteiger partial charge in [0.25, 0.3) is 13.7 Å². The number of nitrogens with one attached hydrogen (secondary N) is 2. The van der Waals surface area contributed by atoms with Gasteiger partial charge in [-0.15, -0.1) is 0 Å². The Morgan fingerprint density at radius 2 is 2.14 bits per heavy atom. The molecule has 1 saturated heterocycles. The van der Waals surface area contributed by atoms with Crippen molar-refractivity contribution in [1.29, 1.82) is 0 Å². The predicted molar refractivity (Wildman–Crippen MR) is 102 cm³/mol. The van der Waals surface area contributed by atoms with Gasteiger partial charge < -0.3 is 14.0 Å². The second-order valence-corrected chi connectivity index (χ2v) is 8.31. The molecule has 158 valence electrons. The smallest absolute Gasteiger partial charge is 0.330 e. The lowest BCUT2D eigenvalue weighted by Gasteiger charge is -2.18. The molecular weight excluding hydrogens is 389 g/mol. The predicted octanol–water partition coefficient (Wildman–Crippen LogP) is 1.19. The molecule has 0 aliphatic carbocycles. The first kappa shape index (κ1) is 22.5. The SMILES string of the molecule is CC(C)OC(=O)[C@@H](C)N[PH](=O)OCC[C@@H]1C[C@H](C)[C@H](n2ccc(=O)[nH]c2=O)O1. The van der Waals surface area contributed by atoms with Crippen LogP contribution in [0.3, 0.4) is 0 Å². The van der Waals surface area contributed by atoms with Crippen molar-refractivity contribution in [2.75, 3.05) is 6.61 Å². The molecule has 1 aromatic rings. The Morgan fingerprint density at radius 1 is 1.43 bits per heavy atom. The molecule has 1 aromatic heterocycles. The number of nitrogens with zero attached hydrogens (tertiary/aromatic N) is 1. The van der Waals surface area contributed by atoms with Crippen LogP contribution in [-0.2, 0) is 23.4 Å². The lowest BCUT2D eigenvalue weighted by molar-refractivity contribution is -0.149. The second-order valence-electron chi connectivity index (χ2n) is 7.16. The van der Waals surface area contributed by atoms with E-state index in [1.807, 2.05) is 6.92 Å². The third-order valence-corrected chi connectivity index (χ3v) is 5.43. The van der Waals surface area contributed by atoms with Gasteiger partial charge in [-0.2, -0.15) is 0 Å². The number of carbonyl (C=O) groups excluding carboxylic acids is 1. The number of H-pyrrole nitrogens is 1. The molecule has 0 radical (unpaired) electrons. The average Bonchev–Trinajstić information content (AvgIpc) is 2.94. The maximum atomic E-state index is 12.0. The van der Waals surface area contributed by atoms with Gasteiger partial charge in [-0.05, 0) is 33.6 Å². The number of aromatic nitrogens is 2. The van der Waals surface area contributed by atoms with E-state index in [2.05, 4.69) is 10.1 Å². The van der Waals surface area contributed by atoms with Crippen LogP contribution in [0, 0.1) is 5.92 Å². The largest absolute Gasteiger partial charge is 0.462 e. The fraction of sp³-hybridized carbons (Fsp3) is 0.706. The molecule has 10 nitrogen and oxygen atoms in total. The molecule has 0 spiro atoms. The fourth-order valence-corrected chi connectivity index (χ4v) is 3.82. The minimum absolute atomic E-state index is 0.0644. The topological polar surface area (TPSA) is 129 Å². The molecular formula is C17H28N3O7P. The Bertz CT molecular complexity index is 806. The molecule has 5 atom stereocenters. The second kappa shape index (κ2) is 10.2. The molecule has 2 rings (SSSR count). The van der Waals surface area contributed by atoms with Crippen LogP contribution in [0.25, 0.3) is 0 Å². The summed E-state index contributed by atoms with van der Waals surface area (Å²) in [7, 11) is -2.60. The van der Waals surface area contributed by atoms with Crippen molar-refractivity contribution in [3.63, 3.8) is 0 Å². The molecule has 0 amide bonds. The van der Waals surface area contributed by atoms with E-state index in [9.17, 15) is 18.9 Å². The van der Waals surface area contributed by atoms with Crippen molar-refractivity contribution >= 4 is 14.1 Å². The van der Waals surface area contributed by atoms with Gasteiger partial charge in [0.2, 0.25) is 0 Å². The van der Waals surface area contributed by atoms with E-state index in [4.69, 9.17) is 14.0 Å². The minimum atomic E-state index is -2.60. The third kappa shape index (κ3) is 6.41. The van der Waals surface area contributed by atoms with Crippen LogP contribution in [0.5, 0.6) is 0 Å². The zero-order valence-corrected chi connectivity index (χ0v) is 17.5. The molecule has 1 fully saturated rings. The van der Waals surface area contributed by atoms with E-state index >= 15 is 0 Å². The van der Waals surface area contributed by atoms with Crippen LogP contribution in [0.1, 0.15) is 46.8 Å². The van der Waals surface area contributed by atoms with Crippen molar-refractivity contribution < 1.29 is 23.4 Å². The number of rotatable bonds is 9.